The quantitative estimate of drug-likeness (QED) is 0.561. The Kier molecular flexibility index (Phi) is 3.16. The van der Waals surface area contributed by atoms with Crippen LogP contribution in [0.25, 0.3) is 6.08 Å². The van der Waals surface area contributed by atoms with Crippen LogP contribution in [-0.2, 0) is 0 Å². The maximum absolute atomic E-state index is 10.3. The molecule has 1 aromatic carbocycles. The van der Waals surface area contributed by atoms with Gasteiger partial charge < -0.3 is 5.11 Å². The summed E-state index contributed by atoms with van der Waals surface area (Å²) < 4.78 is 0. The van der Waals surface area contributed by atoms with Crippen molar-refractivity contribution >= 4 is 6.08 Å². The van der Waals surface area contributed by atoms with Crippen LogP contribution in [0.15, 0.2) is 36.0 Å². The van der Waals surface area contributed by atoms with E-state index in [-0.39, 0.29) is 5.70 Å². The molecule has 0 atom stereocenters. The number of nitrogens with zero attached hydrogens (tertiary/aromatic N) is 1. The van der Waals surface area contributed by atoms with E-state index >= 15 is 0 Å². The first-order valence-electron chi connectivity index (χ1n) is 3.75. The second-order valence-corrected chi connectivity index (χ2v) is 2.46. The zero-order valence-corrected chi connectivity index (χ0v) is 6.88. The van der Waals surface area contributed by atoms with Crippen molar-refractivity contribution < 1.29 is 10.0 Å². The topological polar surface area (TPSA) is 63.4 Å². The summed E-state index contributed by atoms with van der Waals surface area (Å²) >= 11 is 0. The zero-order valence-electron chi connectivity index (χ0n) is 6.88. The average molecular weight is 179 g/mol. The van der Waals surface area contributed by atoms with Crippen molar-refractivity contribution in [3.05, 3.63) is 51.7 Å². The van der Waals surface area contributed by atoms with Crippen molar-refractivity contribution in [3.63, 3.8) is 0 Å². The molecule has 0 saturated heterocycles. The van der Waals surface area contributed by atoms with Crippen LogP contribution in [0.1, 0.15) is 5.56 Å². The van der Waals surface area contributed by atoms with Gasteiger partial charge in [0.1, 0.15) is 6.61 Å². The minimum Gasteiger partial charge on any atom is -0.385 e. The van der Waals surface area contributed by atoms with Crippen LogP contribution in [0.3, 0.4) is 0 Å². The van der Waals surface area contributed by atoms with Gasteiger partial charge in [0.25, 0.3) is 5.70 Å². The fraction of sp³-hybridized carbons (Fsp3) is 0.111. The number of hydrogen-bond donors (Lipinski definition) is 1. The van der Waals surface area contributed by atoms with E-state index in [2.05, 4.69) is 0 Å². The third-order valence-electron chi connectivity index (χ3n) is 1.53. The molecule has 0 bridgehead atoms. The largest absolute Gasteiger partial charge is 0.385 e. The number of rotatable bonds is 3. The number of hydrogen-bond acceptors (Lipinski definition) is 3. The van der Waals surface area contributed by atoms with E-state index in [4.69, 9.17) is 5.11 Å². The van der Waals surface area contributed by atoms with Crippen molar-refractivity contribution in [1.82, 2.24) is 0 Å². The average Bonchev–Trinajstić information content (AvgIpc) is 2.15. The highest BCUT2D eigenvalue weighted by Gasteiger charge is 2.07. The summed E-state index contributed by atoms with van der Waals surface area (Å²) in [6, 6.07) is 8.85. The van der Waals surface area contributed by atoms with E-state index in [1.165, 1.54) is 6.08 Å². The molecule has 0 fully saturated rings. The lowest BCUT2D eigenvalue weighted by Gasteiger charge is -1.93. The molecule has 4 nitrogen and oxygen atoms in total. The van der Waals surface area contributed by atoms with Crippen LogP contribution in [0.2, 0.25) is 0 Å². The number of benzene rings is 1. The van der Waals surface area contributed by atoms with Gasteiger partial charge in [-0.15, -0.1) is 0 Å². The first kappa shape index (κ1) is 9.41. The van der Waals surface area contributed by atoms with Gasteiger partial charge in [-0.05, 0) is 5.56 Å². The van der Waals surface area contributed by atoms with Crippen LogP contribution < -0.4 is 0 Å². The van der Waals surface area contributed by atoms with Gasteiger partial charge in [0.2, 0.25) is 0 Å². The fourth-order valence-corrected chi connectivity index (χ4v) is 0.898. The van der Waals surface area contributed by atoms with E-state index in [0.29, 0.717) is 5.56 Å². The van der Waals surface area contributed by atoms with E-state index in [1.54, 1.807) is 24.3 Å². The van der Waals surface area contributed by atoms with E-state index < -0.39 is 11.5 Å². The molecule has 0 saturated carbocycles. The SMILES string of the molecule is O=[N+]([O-])/C(=C/c1ccccc1)CO. The summed E-state index contributed by atoms with van der Waals surface area (Å²) in [5, 5.41) is 19.0. The Bertz CT molecular complexity index is 319. The molecular formula is C9H9NO3. The van der Waals surface area contributed by atoms with Crippen LogP contribution in [0, 0.1) is 10.1 Å². The van der Waals surface area contributed by atoms with Crippen molar-refractivity contribution in [3.8, 4) is 0 Å². The van der Waals surface area contributed by atoms with Gasteiger partial charge >= 0.3 is 0 Å². The molecule has 0 aromatic heterocycles. The Balaban J connectivity index is 2.92. The third kappa shape index (κ3) is 2.68. The molecule has 0 amide bonds. The first-order valence-corrected chi connectivity index (χ1v) is 3.75. The molecule has 0 radical (unpaired) electrons. The maximum Gasteiger partial charge on any atom is 0.271 e. The number of aliphatic hydroxyl groups is 1. The predicted octanol–water partition coefficient (Wildman–Crippen LogP) is 1.30. The smallest absolute Gasteiger partial charge is 0.271 e. The van der Waals surface area contributed by atoms with Gasteiger partial charge in [-0.25, -0.2) is 0 Å². The highest BCUT2D eigenvalue weighted by molar-refractivity contribution is 5.50. The number of nitro groups is 1. The van der Waals surface area contributed by atoms with E-state index in [9.17, 15) is 10.1 Å². The van der Waals surface area contributed by atoms with Gasteiger partial charge in [-0.1, -0.05) is 30.3 Å². The van der Waals surface area contributed by atoms with Crippen molar-refractivity contribution in [2.75, 3.05) is 6.61 Å². The van der Waals surface area contributed by atoms with E-state index in [0.717, 1.165) is 0 Å². The number of aliphatic hydroxyl groups excluding tert-OH is 1. The second-order valence-electron chi connectivity index (χ2n) is 2.46. The first-order chi connectivity index (χ1) is 6.24. The van der Waals surface area contributed by atoms with Crippen LogP contribution in [0.5, 0.6) is 0 Å². The lowest BCUT2D eigenvalue weighted by Crippen LogP contribution is -2.02. The normalized spacial score (nSPS) is 11.3. The molecule has 0 aliphatic rings. The molecule has 68 valence electrons. The Hall–Kier alpha value is -1.68. The maximum atomic E-state index is 10.3. The minimum absolute atomic E-state index is 0.203. The third-order valence-corrected chi connectivity index (χ3v) is 1.53. The van der Waals surface area contributed by atoms with Gasteiger partial charge in [0, 0.05) is 6.08 Å². The predicted molar refractivity (Wildman–Crippen MR) is 48.5 cm³/mol. The molecule has 13 heavy (non-hydrogen) atoms. The molecule has 0 spiro atoms. The van der Waals surface area contributed by atoms with Crippen molar-refractivity contribution in [2.45, 2.75) is 0 Å². The summed E-state index contributed by atoms with van der Waals surface area (Å²) in [4.78, 5) is 9.72. The van der Waals surface area contributed by atoms with Crippen molar-refractivity contribution in [1.29, 1.82) is 0 Å². The molecule has 4 heteroatoms. The monoisotopic (exact) mass is 179 g/mol. The molecule has 0 heterocycles. The summed E-state index contributed by atoms with van der Waals surface area (Å²) in [5.41, 5.74) is 0.509. The van der Waals surface area contributed by atoms with Gasteiger partial charge in [0.15, 0.2) is 0 Å². The molecule has 0 aliphatic heterocycles. The molecule has 0 aliphatic carbocycles. The van der Waals surface area contributed by atoms with E-state index in [1.807, 2.05) is 6.07 Å². The molecule has 1 rings (SSSR count). The zero-order chi connectivity index (χ0) is 9.68. The summed E-state index contributed by atoms with van der Waals surface area (Å²) in [7, 11) is 0. The Morgan fingerprint density at radius 2 is 2.08 bits per heavy atom. The Morgan fingerprint density at radius 3 is 2.54 bits per heavy atom. The Morgan fingerprint density at radius 1 is 1.46 bits per heavy atom. The molecule has 0 unspecified atom stereocenters. The fourth-order valence-electron chi connectivity index (χ4n) is 0.898. The minimum atomic E-state index is -0.590. The van der Waals surface area contributed by atoms with Gasteiger partial charge in [0.05, 0.1) is 4.92 Å². The van der Waals surface area contributed by atoms with Crippen LogP contribution in [-0.4, -0.2) is 16.6 Å². The Labute approximate surface area is 75.3 Å². The second kappa shape index (κ2) is 4.37. The summed E-state index contributed by atoms with van der Waals surface area (Å²) in [6.07, 6.45) is 1.35. The highest BCUT2D eigenvalue weighted by atomic mass is 16.6. The van der Waals surface area contributed by atoms with Gasteiger partial charge in [-0.3, -0.25) is 10.1 Å². The van der Waals surface area contributed by atoms with Crippen LogP contribution in [0.4, 0.5) is 0 Å². The molecule has 1 aromatic rings. The lowest BCUT2D eigenvalue weighted by atomic mass is 10.2. The lowest BCUT2D eigenvalue weighted by molar-refractivity contribution is -0.428. The van der Waals surface area contributed by atoms with Crippen LogP contribution >= 0.6 is 0 Å². The summed E-state index contributed by atoms with van der Waals surface area (Å²) in [6.45, 7) is -0.554. The molecule has 1 N–H and O–H groups in total. The van der Waals surface area contributed by atoms with Crippen molar-refractivity contribution in [2.24, 2.45) is 0 Å². The highest BCUT2D eigenvalue weighted by Crippen LogP contribution is 2.05. The molecular weight excluding hydrogens is 170 g/mol. The standard InChI is InChI=1S/C9H9NO3/c11-7-9(10(12)13)6-8-4-2-1-3-5-8/h1-6,11H,7H2/b9-6+. The van der Waals surface area contributed by atoms with Gasteiger partial charge in [-0.2, -0.15) is 0 Å². The summed E-state index contributed by atoms with van der Waals surface area (Å²) in [5.74, 6) is 0.